The largest absolute Gasteiger partial charge is 0.338 e. The van der Waals surface area contributed by atoms with E-state index in [1.165, 1.54) is 0 Å². The molecule has 1 aliphatic rings. The molecular formula is C12H18N6. The van der Waals surface area contributed by atoms with Crippen molar-refractivity contribution in [2.45, 2.75) is 25.2 Å². The summed E-state index contributed by atoms with van der Waals surface area (Å²) in [6.07, 6.45) is 6.71. The smallest absolute Gasteiger partial charge is 0.153 e. The highest BCUT2D eigenvalue weighted by molar-refractivity contribution is 5.05. The van der Waals surface area contributed by atoms with Crippen LogP contribution in [0.5, 0.6) is 0 Å². The summed E-state index contributed by atoms with van der Waals surface area (Å²) in [6.45, 7) is 2.13. The van der Waals surface area contributed by atoms with Crippen LogP contribution < -0.4 is 5.32 Å². The molecule has 1 aliphatic heterocycles. The van der Waals surface area contributed by atoms with E-state index in [-0.39, 0.29) is 0 Å². The maximum Gasteiger partial charge on any atom is 0.153 e. The molecule has 0 bridgehead atoms. The van der Waals surface area contributed by atoms with Crippen molar-refractivity contribution in [1.29, 1.82) is 0 Å². The Hall–Kier alpha value is -1.69. The number of piperidine rings is 1. The number of hydrogen-bond donors (Lipinski definition) is 2. The Balaban J connectivity index is 1.71. The molecule has 0 atom stereocenters. The van der Waals surface area contributed by atoms with Gasteiger partial charge in [0.2, 0.25) is 0 Å². The molecule has 96 valence electrons. The van der Waals surface area contributed by atoms with E-state index in [1.54, 1.807) is 6.20 Å². The molecule has 2 N–H and O–H groups in total. The second kappa shape index (κ2) is 4.89. The standard InChI is InChI=1S/C12H18N6/c1-18-7-6-14-11(18)8-10-15-12(17-16-10)9-2-4-13-5-3-9/h6-7,9,13H,2-5,8H2,1H3,(H,15,16,17). The number of aromatic nitrogens is 5. The number of nitrogens with one attached hydrogen (secondary N) is 2. The summed E-state index contributed by atoms with van der Waals surface area (Å²) < 4.78 is 2.01. The summed E-state index contributed by atoms with van der Waals surface area (Å²) >= 11 is 0. The number of aryl methyl sites for hydroxylation is 1. The molecule has 0 spiro atoms. The van der Waals surface area contributed by atoms with E-state index in [2.05, 4.69) is 25.5 Å². The van der Waals surface area contributed by atoms with Crippen molar-refractivity contribution < 1.29 is 0 Å². The molecule has 2 aromatic rings. The number of imidazole rings is 1. The van der Waals surface area contributed by atoms with Gasteiger partial charge in [0.15, 0.2) is 5.82 Å². The van der Waals surface area contributed by atoms with Gasteiger partial charge in [0.05, 0.1) is 6.42 Å². The lowest BCUT2D eigenvalue weighted by Crippen LogP contribution is -2.27. The highest BCUT2D eigenvalue weighted by atomic mass is 15.2. The topological polar surface area (TPSA) is 71.4 Å². The lowest BCUT2D eigenvalue weighted by molar-refractivity contribution is 0.446. The van der Waals surface area contributed by atoms with Gasteiger partial charge in [-0.2, -0.15) is 5.10 Å². The molecule has 3 rings (SSSR count). The summed E-state index contributed by atoms with van der Waals surface area (Å²) in [5.41, 5.74) is 0. The molecule has 6 nitrogen and oxygen atoms in total. The fraction of sp³-hybridized carbons (Fsp3) is 0.583. The first kappa shape index (κ1) is 11.4. The lowest BCUT2D eigenvalue weighted by Gasteiger charge is -2.19. The van der Waals surface area contributed by atoms with Gasteiger partial charge in [-0.05, 0) is 25.9 Å². The summed E-state index contributed by atoms with van der Waals surface area (Å²) in [6, 6.07) is 0. The quantitative estimate of drug-likeness (QED) is 0.831. The molecule has 0 aromatic carbocycles. The molecule has 0 radical (unpaired) electrons. The minimum absolute atomic E-state index is 0.498. The Morgan fingerprint density at radius 2 is 2.22 bits per heavy atom. The minimum Gasteiger partial charge on any atom is -0.338 e. The Bertz CT molecular complexity index is 508. The molecule has 0 saturated carbocycles. The zero-order valence-electron chi connectivity index (χ0n) is 10.6. The highest BCUT2D eigenvalue weighted by Crippen LogP contribution is 2.21. The molecule has 18 heavy (non-hydrogen) atoms. The fourth-order valence-electron chi connectivity index (χ4n) is 2.37. The maximum atomic E-state index is 4.60. The van der Waals surface area contributed by atoms with Crippen molar-refractivity contribution in [3.63, 3.8) is 0 Å². The zero-order valence-corrected chi connectivity index (χ0v) is 10.6. The minimum atomic E-state index is 0.498. The fourth-order valence-corrected chi connectivity index (χ4v) is 2.37. The van der Waals surface area contributed by atoms with Crippen molar-refractivity contribution in [3.8, 4) is 0 Å². The predicted molar refractivity (Wildman–Crippen MR) is 67.2 cm³/mol. The molecule has 0 amide bonds. The van der Waals surface area contributed by atoms with Crippen LogP contribution in [0.3, 0.4) is 0 Å². The van der Waals surface area contributed by atoms with Crippen LogP contribution in [0.2, 0.25) is 0 Å². The van der Waals surface area contributed by atoms with E-state index in [1.807, 2.05) is 17.8 Å². The molecule has 3 heterocycles. The van der Waals surface area contributed by atoms with Crippen molar-refractivity contribution in [1.82, 2.24) is 30.0 Å². The molecule has 0 aliphatic carbocycles. The molecular weight excluding hydrogens is 228 g/mol. The number of rotatable bonds is 3. The number of hydrogen-bond acceptors (Lipinski definition) is 4. The van der Waals surface area contributed by atoms with Crippen LogP contribution in [-0.2, 0) is 13.5 Å². The normalized spacial score (nSPS) is 17.2. The van der Waals surface area contributed by atoms with Gasteiger partial charge in [-0.25, -0.2) is 9.97 Å². The second-order valence-corrected chi connectivity index (χ2v) is 4.80. The highest BCUT2D eigenvalue weighted by Gasteiger charge is 2.19. The van der Waals surface area contributed by atoms with E-state index >= 15 is 0 Å². The van der Waals surface area contributed by atoms with Gasteiger partial charge in [0, 0.05) is 25.4 Å². The molecule has 0 unspecified atom stereocenters. The monoisotopic (exact) mass is 246 g/mol. The van der Waals surface area contributed by atoms with Crippen molar-refractivity contribution in [2.75, 3.05) is 13.1 Å². The van der Waals surface area contributed by atoms with Crippen LogP contribution in [-0.4, -0.2) is 37.8 Å². The first-order valence-corrected chi connectivity index (χ1v) is 6.41. The van der Waals surface area contributed by atoms with Crippen LogP contribution in [0, 0.1) is 0 Å². The average Bonchev–Trinajstić information content (AvgIpc) is 3.02. The van der Waals surface area contributed by atoms with E-state index in [0.717, 1.165) is 43.4 Å². The summed E-state index contributed by atoms with van der Waals surface area (Å²) in [7, 11) is 1.99. The van der Waals surface area contributed by atoms with Gasteiger partial charge in [0.1, 0.15) is 11.6 Å². The number of H-pyrrole nitrogens is 1. The number of aromatic amines is 1. The van der Waals surface area contributed by atoms with Crippen molar-refractivity contribution in [3.05, 3.63) is 29.9 Å². The first-order valence-electron chi connectivity index (χ1n) is 6.41. The van der Waals surface area contributed by atoms with Gasteiger partial charge in [-0.3, -0.25) is 5.10 Å². The van der Waals surface area contributed by atoms with Crippen LogP contribution in [0.25, 0.3) is 0 Å². The van der Waals surface area contributed by atoms with Crippen LogP contribution in [0.15, 0.2) is 12.4 Å². The van der Waals surface area contributed by atoms with Gasteiger partial charge in [-0.1, -0.05) is 0 Å². The van der Waals surface area contributed by atoms with E-state index in [9.17, 15) is 0 Å². The summed E-state index contributed by atoms with van der Waals surface area (Å²) in [5.74, 6) is 3.36. The van der Waals surface area contributed by atoms with Crippen LogP contribution in [0.4, 0.5) is 0 Å². The summed E-state index contributed by atoms with van der Waals surface area (Å²) in [5, 5.41) is 10.7. The van der Waals surface area contributed by atoms with Crippen LogP contribution in [0.1, 0.15) is 36.2 Å². The Kier molecular flexibility index (Phi) is 3.10. The SMILES string of the molecule is Cn1ccnc1Cc1nc(C2CCNCC2)n[nH]1. The van der Waals surface area contributed by atoms with Gasteiger partial charge < -0.3 is 9.88 Å². The maximum absolute atomic E-state index is 4.60. The average molecular weight is 246 g/mol. The van der Waals surface area contributed by atoms with Crippen LogP contribution >= 0.6 is 0 Å². The third kappa shape index (κ3) is 2.28. The van der Waals surface area contributed by atoms with E-state index in [0.29, 0.717) is 12.3 Å². The second-order valence-electron chi connectivity index (χ2n) is 4.80. The van der Waals surface area contributed by atoms with Gasteiger partial charge in [-0.15, -0.1) is 0 Å². The third-order valence-electron chi connectivity index (χ3n) is 3.50. The predicted octanol–water partition coefficient (Wildman–Crippen LogP) is 0.596. The Labute approximate surface area is 106 Å². The third-order valence-corrected chi connectivity index (χ3v) is 3.50. The van der Waals surface area contributed by atoms with E-state index < -0.39 is 0 Å². The van der Waals surface area contributed by atoms with Gasteiger partial charge >= 0.3 is 0 Å². The summed E-state index contributed by atoms with van der Waals surface area (Å²) in [4.78, 5) is 8.90. The lowest BCUT2D eigenvalue weighted by atomic mass is 9.98. The van der Waals surface area contributed by atoms with Gasteiger partial charge in [0.25, 0.3) is 0 Å². The zero-order chi connectivity index (χ0) is 12.4. The molecule has 6 heteroatoms. The first-order chi connectivity index (χ1) is 8.83. The molecule has 2 aromatic heterocycles. The molecule has 1 fully saturated rings. The Morgan fingerprint density at radius 3 is 2.94 bits per heavy atom. The van der Waals surface area contributed by atoms with Crippen molar-refractivity contribution >= 4 is 0 Å². The molecule has 1 saturated heterocycles. The van der Waals surface area contributed by atoms with E-state index in [4.69, 9.17) is 0 Å². The van der Waals surface area contributed by atoms with Crippen molar-refractivity contribution in [2.24, 2.45) is 7.05 Å². The number of nitrogens with zero attached hydrogens (tertiary/aromatic N) is 4. The Morgan fingerprint density at radius 1 is 1.39 bits per heavy atom.